The first-order valence-electron chi connectivity index (χ1n) is 16.0. The molecule has 0 radical (unpaired) electrons. The van der Waals surface area contributed by atoms with Crippen LogP contribution in [0.4, 0.5) is 0 Å². The maximum atomic E-state index is 10.4. The molecule has 0 amide bonds. The van der Waals surface area contributed by atoms with Crippen LogP contribution in [0.15, 0.2) is 72.8 Å². The first kappa shape index (κ1) is 47.0. The van der Waals surface area contributed by atoms with Gasteiger partial charge in [-0.1, -0.05) is 24.3 Å². The largest absolute Gasteiger partial charge is 0.504 e. The second-order valence-electron chi connectivity index (χ2n) is 11.9. The lowest BCUT2D eigenvalue weighted by atomic mass is 10.1. The van der Waals surface area contributed by atoms with Crippen molar-refractivity contribution in [2.75, 3.05) is 0 Å². The van der Waals surface area contributed by atoms with E-state index in [0.29, 0.717) is 22.3 Å². The zero-order valence-electron chi connectivity index (χ0n) is 29.4. The molecule has 0 spiro atoms. The number of phenolic OH excluding ortho intramolecular Hbond substituents is 8. The van der Waals surface area contributed by atoms with Crippen molar-refractivity contribution in [3.05, 3.63) is 95.1 Å². The Morgan fingerprint density at radius 2 is 0.500 bits per heavy atom. The summed E-state index contributed by atoms with van der Waals surface area (Å²) in [5, 5.41) is 107. The van der Waals surface area contributed by atoms with Crippen LogP contribution in [0, 0.1) is 0 Å². The number of aromatic hydroxyl groups is 8. The molecule has 4 aromatic rings. The van der Waals surface area contributed by atoms with E-state index >= 15 is 0 Å². The summed E-state index contributed by atoms with van der Waals surface area (Å²) < 4.78 is 0. The Hall–Kier alpha value is -7.00. The van der Waals surface area contributed by atoms with Crippen LogP contribution < -0.4 is 22.9 Å². The van der Waals surface area contributed by atoms with Crippen molar-refractivity contribution in [3.63, 3.8) is 0 Å². The first-order valence-corrected chi connectivity index (χ1v) is 16.0. The van der Waals surface area contributed by atoms with Gasteiger partial charge in [-0.2, -0.15) is 0 Å². The van der Waals surface area contributed by atoms with E-state index in [0.717, 1.165) is 0 Å². The molecule has 20 nitrogen and oxygen atoms in total. The fourth-order valence-electron chi connectivity index (χ4n) is 4.15. The van der Waals surface area contributed by atoms with E-state index < -0.39 is 48.0 Å². The topological polar surface area (TPSA) is 415 Å². The van der Waals surface area contributed by atoms with Gasteiger partial charge >= 0.3 is 23.9 Å². The first-order chi connectivity index (χ1) is 26.0. The van der Waals surface area contributed by atoms with Gasteiger partial charge in [-0.25, -0.2) is 0 Å². The fraction of sp³-hybridized carbons (Fsp3) is 0.222. The molecule has 4 aromatic carbocycles. The van der Waals surface area contributed by atoms with E-state index in [2.05, 4.69) is 0 Å². The summed E-state index contributed by atoms with van der Waals surface area (Å²) in [5.41, 5.74) is 23.4. The van der Waals surface area contributed by atoms with Crippen LogP contribution >= 0.6 is 0 Å². The molecular formula is C36H44N4O16. The Labute approximate surface area is 318 Å². The molecule has 4 unspecified atom stereocenters. The highest BCUT2D eigenvalue weighted by molar-refractivity contribution is 5.75. The highest BCUT2D eigenvalue weighted by Crippen LogP contribution is 2.27. The molecule has 4 rings (SSSR count). The van der Waals surface area contributed by atoms with Crippen molar-refractivity contribution in [2.24, 2.45) is 22.9 Å². The highest BCUT2D eigenvalue weighted by atomic mass is 16.4. The van der Waals surface area contributed by atoms with E-state index in [1.165, 1.54) is 72.8 Å². The van der Waals surface area contributed by atoms with Crippen LogP contribution in [0.25, 0.3) is 0 Å². The zero-order chi connectivity index (χ0) is 42.9. The van der Waals surface area contributed by atoms with Crippen LogP contribution in [0.5, 0.6) is 46.0 Å². The molecular weight excluding hydrogens is 744 g/mol. The number of phenols is 8. The number of rotatable bonds is 12. The van der Waals surface area contributed by atoms with Gasteiger partial charge in [-0.15, -0.1) is 0 Å². The fourth-order valence-corrected chi connectivity index (χ4v) is 4.15. The summed E-state index contributed by atoms with van der Waals surface area (Å²) in [6.07, 6.45) is 0.457. The van der Waals surface area contributed by atoms with Gasteiger partial charge in [0.15, 0.2) is 46.0 Å². The predicted octanol–water partition coefficient (Wildman–Crippen LogP) is 0.209. The van der Waals surface area contributed by atoms with Gasteiger partial charge < -0.3 is 84.2 Å². The Kier molecular flexibility index (Phi) is 18.7. The van der Waals surface area contributed by atoms with Crippen molar-refractivity contribution in [2.45, 2.75) is 49.9 Å². The highest BCUT2D eigenvalue weighted by Gasteiger charge is 2.15. The Bertz CT molecular complexity index is 1680. The maximum absolute atomic E-state index is 10.4. The molecule has 4 atom stereocenters. The molecule has 0 aliphatic carbocycles. The SMILES string of the molecule is NC(Cc1ccc(O)c(O)c1)C(=O)O.NC(Cc1ccc(O)c(O)c1)C(=O)O.NC(Cc1ccc(O)c(O)c1)C(=O)O.NC(Cc1ccc(O)c(O)c1)C(=O)O. The van der Waals surface area contributed by atoms with Crippen LogP contribution in [0.3, 0.4) is 0 Å². The lowest BCUT2D eigenvalue weighted by Gasteiger charge is -2.06. The molecule has 0 aliphatic rings. The Balaban J connectivity index is 0.000000373. The number of carboxylic acids is 4. The van der Waals surface area contributed by atoms with E-state index in [9.17, 15) is 19.2 Å². The van der Waals surface area contributed by atoms with Crippen molar-refractivity contribution in [1.29, 1.82) is 0 Å². The van der Waals surface area contributed by atoms with Crippen molar-refractivity contribution in [3.8, 4) is 46.0 Å². The van der Waals surface area contributed by atoms with Crippen molar-refractivity contribution >= 4 is 23.9 Å². The monoisotopic (exact) mass is 788 g/mol. The molecule has 56 heavy (non-hydrogen) atoms. The average molecular weight is 789 g/mol. The Morgan fingerprint density at radius 3 is 0.625 bits per heavy atom. The van der Waals surface area contributed by atoms with Crippen LogP contribution in [-0.2, 0) is 44.9 Å². The summed E-state index contributed by atoms with van der Waals surface area (Å²) in [6, 6.07) is 12.4. The number of aliphatic carboxylic acids is 4. The van der Waals surface area contributed by atoms with Gasteiger partial charge in [0.2, 0.25) is 0 Å². The minimum Gasteiger partial charge on any atom is -0.504 e. The van der Waals surface area contributed by atoms with Gasteiger partial charge in [0.05, 0.1) is 0 Å². The molecule has 20 heteroatoms. The number of carbonyl (C=O) groups is 4. The third-order valence-electron chi connectivity index (χ3n) is 7.25. The molecule has 0 bridgehead atoms. The van der Waals surface area contributed by atoms with E-state index in [1.807, 2.05) is 0 Å². The molecule has 0 saturated carbocycles. The summed E-state index contributed by atoms with van der Waals surface area (Å²) in [4.78, 5) is 41.7. The lowest BCUT2D eigenvalue weighted by molar-refractivity contribution is -0.139. The van der Waals surface area contributed by atoms with Crippen molar-refractivity contribution in [1.82, 2.24) is 0 Å². The molecule has 0 aromatic heterocycles. The van der Waals surface area contributed by atoms with E-state index in [4.69, 9.17) is 84.2 Å². The van der Waals surface area contributed by atoms with Gasteiger partial charge in [-0.3, -0.25) is 19.2 Å². The number of benzene rings is 4. The van der Waals surface area contributed by atoms with Gasteiger partial charge in [0.25, 0.3) is 0 Å². The second kappa shape index (κ2) is 22.3. The predicted molar refractivity (Wildman–Crippen MR) is 196 cm³/mol. The Morgan fingerprint density at radius 1 is 0.339 bits per heavy atom. The summed E-state index contributed by atoms with van der Waals surface area (Å²) in [6.45, 7) is 0. The molecule has 20 N–H and O–H groups in total. The minimum atomic E-state index is -1.10. The summed E-state index contributed by atoms with van der Waals surface area (Å²) in [5.74, 6) is -6.46. The third-order valence-corrected chi connectivity index (χ3v) is 7.25. The lowest BCUT2D eigenvalue weighted by Crippen LogP contribution is -2.32. The van der Waals surface area contributed by atoms with Gasteiger partial charge in [0.1, 0.15) is 24.2 Å². The molecule has 0 aliphatic heterocycles. The number of hydrogen-bond donors (Lipinski definition) is 16. The third kappa shape index (κ3) is 16.8. The molecule has 304 valence electrons. The molecule has 0 saturated heterocycles. The quantitative estimate of drug-likeness (QED) is 0.0853. The molecule has 0 heterocycles. The number of hydrogen-bond acceptors (Lipinski definition) is 16. The van der Waals surface area contributed by atoms with Crippen molar-refractivity contribution < 1.29 is 80.5 Å². The van der Waals surface area contributed by atoms with E-state index in [-0.39, 0.29) is 71.7 Å². The van der Waals surface area contributed by atoms with E-state index in [1.54, 1.807) is 0 Å². The normalized spacial score (nSPS) is 12.4. The number of carboxylic acid groups (broad SMARTS) is 4. The smallest absolute Gasteiger partial charge is 0.320 e. The molecule has 0 fully saturated rings. The van der Waals surface area contributed by atoms with Gasteiger partial charge in [0, 0.05) is 0 Å². The zero-order valence-corrected chi connectivity index (χ0v) is 29.4. The standard InChI is InChI=1S/4C9H11NO4/c4*10-6(9(13)14)3-5-1-2-7(11)8(12)4-5/h4*1-2,4,6,11-12H,3,10H2,(H,13,14). The van der Waals surface area contributed by atoms with Crippen LogP contribution in [0.2, 0.25) is 0 Å². The van der Waals surface area contributed by atoms with Crippen LogP contribution in [-0.4, -0.2) is 109 Å². The second-order valence-corrected chi connectivity index (χ2v) is 11.9. The minimum absolute atomic E-state index is 0.114. The summed E-state index contributed by atoms with van der Waals surface area (Å²) in [7, 11) is 0. The number of nitrogens with two attached hydrogens (primary N) is 4. The maximum Gasteiger partial charge on any atom is 0.320 e. The van der Waals surface area contributed by atoms with Gasteiger partial charge in [-0.05, 0) is 96.5 Å². The summed E-state index contributed by atoms with van der Waals surface area (Å²) >= 11 is 0. The average Bonchev–Trinajstić information content (AvgIpc) is 3.12. The van der Waals surface area contributed by atoms with Crippen LogP contribution in [0.1, 0.15) is 22.3 Å².